The molecule has 1 atom stereocenters. The first-order valence-electron chi connectivity index (χ1n) is 2.85. The first-order valence-corrected chi connectivity index (χ1v) is 3.63. The van der Waals surface area contributed by atoms with E-state index in [2.05, 4.69) is 9.12 Å². The normalized spacial score (nSPS) is 32.0. The van der Waals surface area contributed by atoms with Gasteiger partial charge in [-0.25, -0.2) is 9.12 Å². The maximum absolute atomic E-state index is 10.8. The van der Waals surface area contributed by atoms with Crippen molar-refractivity contribution in [2.75, 3.05) is 0 Å². The van der Waals surface area contributed by atoms with Crippen LogP contribution in [0.15, 0.2) is 4.40 Å². The predicted molar refractivity (Wildman–Crippen MR) is 41.4 cm³/mol. The van der Waals surface area contributed by atoms with E-state index < -0.39 is 11.4 Å². The summed E-state index contributed by atoms with van der Waals surface area (Å²) in [7, 11) is 0. The van der Waals surface area contributed by atoms with Crippen LogP contribution in [0.25, 0.3) is 0 Å². The monoisotopic (exact) mass is 159 g/mol. The third kappa shape index (κ3) is 0.911. The van der Waals surface area contributed by atoms with Gasteiger partial charge in [0.1, 0.15) is 5.54 Å². The van der Waals surface area contributed by atoms with Gasteiger partial charge in [0, 0.05) is 0 Å². The summed E-state index contributed by atoms with van der Waals surface area (Å²) in [4.78, 5) is 10.8. The largest absolute Gasteiger partial charge is 0.368 e. The summed E-state index contributed by atoms with van der Waals surface area (Å²) in [5.74, 6) is -0.390. The summed E-state index contributed by atoms with van der Waals surface area (Å²) < 4.78 is 6.75. The van der Waals surface area contributed by atoms with Gasteiger partial charge >= 0.3 is 0 Å². The molecule has 5 heteroatoms. The van der Waals surface area contributed by atoms with Crippen molar-refractivity contribution in [2.24, 2.45) is 10.1 Å². The van der Waals surface area contributed by atoms with Crippen molar-refractivity contribution in [3.8, 4) is 0 Å². The van der Waals surface area contributed by atoms with Crippen molar-refractivity contribution >= 4 is 23.8 Å². The average Bonchev–Trinajstić information content (AvgIpc) is 2.15. The Kier molecular flexibility index (Phi) is 1.70. The highest BCUT2D eigenvalue weighted by Crippen LogP contribution is 2.20. The minimum absolute atomic E-state index is 0.390. The molecule has 1 aliphatic heterocycles. The molecule has 0 bridgehead atoms. The van der Waals surface area contributed by atoms with E-state index in [-0.39, 0.29) is 0 Å². The maximum Gasteiger partial charge on any atom is 0.244 e. The van der Waals surface area contributed by atoms with Crippen molar-refractivity contribution < 1.29 is 4.79 Å². The number of nitrogens with one attached hydrogen (secondary N) is 1. The molecule has 0 spiro atoms. The molecule has 0 aliphatic carbocycles. The fourth-order valence-electron chi connectivity index (χ4n) is 0.576. The molecule has 56 valence electrons. The summed E-state index contributed by atoms with van der Waals surface area (Å²) in [6.07, 6.45) is 0. The van der Waals surface area contributed by atoms with Gasteiger partial charge < -0.3 is 5.73 Å². The molecule has 1 heterocycles. The second-order valence-electron chi connectivity index (χ2n) is 2.36. The minimum Gasteiger partial charge on any atom is -0.368 e. The van der Waals surface area contributed by atoms with Crippen LogP contribution in [0.2, 0.25) is 0 Å². The van der Waals surface area contributed by atoms with Gasteiger partial charge in [0.05, 0.1) is 17.8 Å². The number of hydrogen-bond acceptors (Lipinski definition) is 4. The molecular formula is C5H9N3OS. The second-order valence-corrected chi connectivity index (χ2v) is 2.93. The Morgan fingerprint density at radius 2 is 2.50 bits per heavy atom. The van der Waals surface area contributed by atoms with Crippen molar-refractivity contribution in [2.45, 2.75) is 19.4 Å². The highest BCUT2D eigenvalue weighted by Gasteiger charge is 2.37. The molecule has 0 aromatic rings. The lowest BCUT2D eigenvalue weighted by atomic mass is 9.98. The number of rotatable bonds is 1. The van der Waals surface area contributed by atoms with Crippen molar-refractivity contribution in [1.82, 2.24) is 4.72 Å². The van der Waals surface area contributed by atoms with Crippen molar-refractivity contribution in [3.63, 3.8) is 0 Å². The number of amides is 1. The molecule has 0 aromatic heterocycles. The highest BCUT2D eigenvalue weighted by molar-refractivity contribution is 7.96. The Bertz CT molecular complexity index is 203. The number of nitrogens with zero attached hydrogens (tertiary/aromatic N) is 1. The second kappa shape index (κ2) is 2.25. The third-order valence-electron chi connectivity index (χ3n) is 1.65. The van der Waals surface area contributed by atoms with Gasteiger partial charge in [0.15, 0.2) is 0 Å². The molecule has 0 saturated heterocycles. The van der Waals surface area contributed by atoms with E-state index in [9.17, 15) is 4.79 Å². The van der Waals surface area contributed by atoms with Gasteiger partial charge in [0.25, 0.3) is 0 Å². The van der Waals surface area contributed by atoms with E-state index in [1.165, 1.54) is 0 Å². The SMILES string of the molecule is CC1=NSNC1(C)C(N)=O. The van der Waals surface area contributed by atoms with Crippen LogP contribution in [0.4, 0.5) is 0 Å². The third-order valence-corrected chi connectivity index (χ3v) is 2.51. The summed E-state index contributed by atoms with van der Waals surface area (Å²) in [5.41, 5.74) is 5.11. The lowest BCUT2D eigenvalue weighted by Gasteiger charge is -2.18. The maximum atomic E-state index is 10.8. The number of carbonyl (C=O) groups excluding carboxylic acids is 1. The molecule has 0 radical (unpaired) electrons. The average molecular weight is 159 g/mol. The Balaban J connectivity index is 2.89. The molecule has 1 unspecified atom stereocenters. The zero-order valence-electron chi connectivity index (χ0n) is 5.84. The molecule has 0 saturated carbocycles. The predicted octanol–water partition coefficient (Wildman–Crippen LogP) is -0.142. The van der Waals surface area contributed by atoms with Crippen LogP contribution in [-0.2, 0) is 4.79 Å². The van der Waals surface area contributed by atoms with Crippen LogP contribution in [0, 0.1) is 0 Å². The van der Waals surface area contributed by atoms with Crippen molar-refractivity contribution in [1.29, 1.82) is 0 Å². The van der Waals surface area contributed by atoms with Gasteiger partial charge in [-0.3, -0.25) is 4.79 Å². The Morgan fingerprint density at radius 1 is 1.90 bits per heavy atom. The van der Waals surface area contributed by atoms with Gasteiger partial charge in [-0.05, 0) is 13.8 Å². The molecule has 4 nitrogen and oxygen atoms in total. The summed E-state index contributed by atoms with van der Waals surface area (Å²) in [6, 6.07) is 0. The topological polar surface area (TPSA) is 67.5 Å². The first kappa shape index (κ1) is 7.56. The van der Waals surface area contributed by atoms with Crippen LogP contribution >= 0.6 is 12.1 Å². The van der Waals surface area contributed by atoms with Crippen LogP contribution in [0.1, 0.15) is 13.8 Å². The highest BCUT2D eigenvalue weighted by atomic mass is 32.2. The van der Waals surface area contributed by atoms with E-state index >= 15 is 0 Å². The van der Waals surface area contributed by atoms with Crippen LogP contribution in [0.3, 0.4) is 0 Å². The van der Waals surface area contributed by atoms with E-state index in [0.29, 0.717) is 0 Å². The molecule has 1 amide bonds. The van der Waals surface area contributed by atoms with E-state index in [0.717, 1.165) is 17.8 Å². The summed E-state index contributed by atoms with van der Waals surface area (Å²) >= 11 is 1.15. The zero-order valence-corrected chi connectivity index (χ0v) is 6.66. The zero-order chi connectivity index (χ0) is 7.78. The number of primary amides is 1. The lowest BCUT2D eigenvalue weighted by molar-refractivity contribution is -0.120. The number of hydrogen-bond donors (Lipinski definition) is 2. The Hall–Kier alpha value is -0.550. The fourth-order valence-corrected chi connectivity index (χ4v) is 1.37. The molecule has 0 aromatic carbocycles. The van der Waals surface area contributed by atoms with Crippen LogP contribution in [-0.4, -0.2) is 17.2 Å². The number of nitrogens with two attached hydrogens (primary N) is 1. The Labute approximate surface area is 63.5 Å². The van der Waals surface area contributed by atoms with E-state index in [1.807, 2.05) is 0 Å². The first-order chi connectivity index (χ1) is 4.57. The standard InChI is InChI=1S/C5H9N3OS/c1-3-5(2,4(6)9)8-10-7-3/h8H,1-2H3,(H2,6,9). The summed E-state index contributed by atoms with van der Waals surface area (Å²) in [6.45, 7) is 3.49. The van der Waals surface area contributed by atoms with Gasteiger partial charge in [-0.1, -0.05) is 0 Å². The van der Waals surface area contributed by atoms with E-state index in [1.54, 1.807) is 13.8 Å². The van der Waals surface area contributed by atoms with Crippen LogP contribution < -0.4 is 10.5 Å². The number of carbonyl (C=O) groups is 1. The molecular weight excluding hydrogens is 150 g/mol. The van der Waals surface area contributed by atoms with Crippen LogP contribution in [0.5, 0.6) is 0 Å². The summed E-state index contributed by atoms with van der Waals surface area (Å²) in [5, 5.41) is 0. The Morgan fingerprint density at radius 3 is 2.70 bits per heavy atom. The lowest BCUT2D eigenvalue weighted by Crippen LogP contribution is -2.52. The quantitative estimate of drug-likeness (QED) is 0.523. The smallest absolute Gasteiger partial charge is 0.244 e. The fraction of sp³-hybridized carbons (Fsp3) is 0.600. The van der Waals surface area contributed by atoms with Gasteiger partial charge in [-0.15, -0.1) is 0 Å². The molecule has 10 heavy (non-hydrogen) atoms. The van der Waals surface area contributed by atoms with Gasteiger partial charge in [0.2, 0.25) is 5.91 Å². The minimum atomic E-state index is -0.745. The van der Waals surface area contributed by atoms with Gasteiger partial charge in [-0.2, -0.15) is 0 Å². The van der Waals surface area contributed by atoms with Crippen molar-refractivity contribution in [3.05, 3.63) is 0 Å². The van der Waals surface area contributed by atoms with E-state index in [4.69, 9.17) is 5.73 Å². The molecule has 1 aliphatic rings. The molecule has 1 rings (SSSR count). The molecule has 3 N–H and O–H groups in total. The molecule has 0 fully saturated rings.